The lowest BCUT2D eigenvalue weighted by Gasteiger charge is -2.36. The van der Waals surface area contributed by atoms with Crippen molar-refractivity contribution < 1.29 is 35.9 Å². The lowest BCUT2D eigenvalue weighted by molar-refractivity contribution is -0.143. The van der Waals surface area contributed by atoms with E-state index in [1.807, 2.05) is 19.6 Å². The van der Waals surface area contributed by atoms with Gasteiger partial charge in [-0.1, -0.05) is 12.2 Å². The first-order chi connectivity index (χ1) is 12.3. The number of carbonyl (C=O) groups is 1. The van der Waals surface area contributed by atoms with E-state index in [1.165, 1.54) is 0 Å². The minimum absolute atomic E-state index is 0.0407. The van der Waals surface area contributed by atoms with Crippen molar-refractivity contribution in [1.29, 1.82) is 0 Å². The molecule has 0 amide bonds. The van der Waals surface area contributed by atoms with Gasteiger partial charge in [-0.3, -0.25) is 4.79 Å². The van der Waals surface area contributed by atoms with Crippen LogP contribution in [-0.4, -0.2) is 66.1 Å². The third kappa shape index (κ3) is 6.18. The van der Waals surface area contributed by atoms with Gasteiger partial charge in [-0.2, -0.15) is 0 Å². The van der Waals surface area contributed by atoms with Gasteiger partial charge in [0.15, 0.2) is 0 Å². The molecule has 8 nitrogen and oxygen atoms in total. The van der Waals surface area contributed by atoms with E-state index >= 15 is 0 Å². The molecule has 0 spiro atoms. The fourth-order valence-electron chi connectivity index (χ4n) is 3.62. The van der Waals surface area contributed by atoms with Crippen LogP contribution in [-0.2, 0) is 25.7 Å². The molecule has 12 heteroatoms. The summed E-state index contributed by atoms with van der Waals surface area (Å²) in [6.45, 7) is 7.41. The van der Waals surface area contributed by atoms with Gasteiger partial charge in [0.1, 0.15) is 0 Å². The summed E-state index contributed by atoms with van der Waals surface area (Å²) in [4.78, 5) is 12.6. The fourth-order valence-corrected chi connectivity index (χ4v) is 16.7. The molecular weight excluding hydrogens is 408 g/mol. The number of aliphatic hydroxyl groups is 2. The van der Waals surface area contributed by atoms with Crippen molar-refractivity contribution in [2.24, 2.45) is 17.8 Å². The average molecular weight is 439 g/mol. The first kappa shape index (κ1) is 22.1. The molecule has 3 aliphatic rings. The van der Waals surface area contributed by atoms with Gasteiger partial charge >= 0.3 is 27.4 Å². The second kappa shape index (κ2) is 9.86. The van der Waals surface area contributed by atoms with Crippen molar-refractivity contribution in [3.63, 3.8) is 0 Å². The Bertz CT molecular complexity index is 491. The molecule has 1 heterocycles. The average Bonchev–Trinajstić information content (AvgIpc) is 3.15. The molecule has 2 fully saturated rings. The molecule has 0 aromatic carbocycles. The second-order valence-electron chi connectivity index (χ2n) is 6.83. The molecular formula is C14H30O8Si4. The summed E-state index contributed by atoms with van der Waals surface area (Å²) >= 11 is 0. The molecule has 0 aromatic rings. The van der Waals surface area contributed by atoms with E-state index in [9.17, 15) is 4.79 Å². The number of rotatable bonds is 3. The monoisotopic (exact) mass is 438 g/mol. The number of hydrogen-bond donors (Lipinski definition) is 2. The Balaban J connectivity index is 0.000000552. The van der Waals surface area contributed by atoms with Crippen molar-refractivity contribution >= 4 is 42.6 Å². The third-order valence-corrected chi connectivity index (χ3v) is 17.3. The summed E-state index contributed by atoms with van der Waals surface area (Å²) in [7, 11) is -8.44. The Morgan fingerprint density at radius 1 is 1.08 bits per heavy atom. The van der Waals surface area contributed by atoms with Crippen molar-refractivity contribution in [1.82, 2.24) is 0 Å². The van der Waals surface area contributed by atoms with E-state index in [2.05, 4.69) is 12.2 Å². The summed E-state index contributed by atoms with van der Waals surface area (Å²) in [5, 5.41) is 15.2. The van der Waals surface area contributed by atoms with Crippen LogP contribution in [0.25, 0.3) is 0 Å². The van der Waals surface area contributed by atoms with Crippen molar-refractivity contribution in [3.05, 3.63) is 12.2 Å². The van der Waals surface area contributed by atoms with Crippen molar-refractivity contribution in [2.75, 3.05) is 13.2 Å². The minimum atomic E-state index is -3.01. The highest BCUT2D eigenvalue weighted by Crippen LogP contribution is 2.44. The number of carbonyl (C=O) groups excluding carboxylic acids is 1. The van der Waals surface area contributed by atoms with Gasteiger partial charge in [0.05, 0.1) is 19.1 Å². The molecule has 5 atom stereocenters. The predicted molar refractivity (Wildman–Crippen MR) is 104 cm³/mol. The molecule has 3 rings (SSSR count). The molecule has 26 heavy (non-hydrogen) atoms. The SMILES string of the molecule is C[SiH]1O[SiH](C)O[Si](C)(OC(=O)C2CC3C=CC2C3)O[SiH](C)O1.OCCO. The first-order valence-corrected chi connectivity index (χ1v) is 17.6. The van der Waals surface area contributed by atoms with Gasteiger partial charge in [0.25, 0.3) is 15.3 Å². The quantitative estimate of drug-likeness (QED) is 0.465. The van der Waals surface area contributed by atoms with Crippen molar-refractivity contribution in [2.45, 2.75) is 39.0 Å². The maximum absolute atomic E-state index is 12.6. The molecule has 2 N–H and O–H groups in total. The summed E-state index contributed by atoms with van der Waals surface area (Å²) in [5.41, 5.74) is 0. The lowest BCUT2D eigenvalue weighted by Crippen LogP contribution is -2.56. The maximum Gasteiger partial charge on any atom is 0.546 e. The Labute approximate surface area is 161 Å². The van der Waals surface area contributed by atoms with Crippen LogP contribution in [0.15, 0.2) is 12.2 Å². The van der Waals surface area contributed by atoms with E-state index in [0.717, 1.165) is 12.8 Å². The zero-order valence-electron chi connectivity index (χ0n) is 15.8. The van der Waals surface area contributed by atoms with E-state index in [-0.39, 0.29) is 25.1 Å². The van der Waals surface area contributed by atoms with Crippen molar-refractivity contribution in [3.8, 4) is 0 Å². The van der Waals surface area contributed by atoms with Crippen LogP contribution in [0.5, 0.6) is 0 Å². The molecule has 0 aromatic heterocycles. The Morgan fingerprint density at radius 2 is 1.65 bits per heavy atom. The second-order valence-corrected chi connectivity index (χ2v) is 16.2. The summed E-state index contributed by atoms with van der Waals surface area (Å²) in [6.07, 6.45) is 6.33. The molecule has 1 saturated carbocycles. The van der Waals surface area contributed by atoms with Crippen LogP contribution in [0.2, 0.25) is 26.2 Å². The van der Waals surface area contributed by atoms with E-state index in [1.54, 1.807) is 6.55 Å². The summed E-state index contributed by atoms with van der Waals surface area (Å²) < 4.78 is 29.4. The topological polar surface area (TPSA) is 104 Å². The fraction of sp³-hybridized carbons (Fsp3) is 0.786. The van der Waals surface area contributed by atoms with Crippen LogP contribution in [0.1, 0.15) is 12.8 Å². The number of fused-ring (bicyclic) bond motifs is 2. The first-order valence-electron chi connectivity index (χ1n) is 9.05. The molecule has 1 aliphatic heterocycles. The van der Waals surface area contributed by atoms with Crippen LogP contribution in [0, 0.1) is 17.8 Å². The molecule has 150 valence electrons. The number of allylic oxidation sites excluding steroid dienone is 2. The van der Waals surface area contributed by atoms with Crippen LogP contribution in [0.4, 0.5) is 0 Å². The largest absolute Gasteiger partial charge is 0.546 e. The van der Waals surface area contributed by atoms with Gasteiger partial charge < -0.3 is 31.1 Å². The predicted octanol–water partition coefficient (Wildman–Crippen LogP) is -0.0876. The van der Waals surface area contributed by atoms with E-state index in [4.69, 9.17) is 31.1 Å². The lowest BCUT2D eigenvalue weighted by atomic mass is 9.94. The number of hydrogen-bond acceptors (Lipinski definition) is 8. The number of aliphatic hydroxyl groups excluding tert-OH is 2. The standard InChI is InChI=1S/C12H24O6Si4.C2H6O2/c1-19-15-20(2)17-22(4,18-21(3)16-19)14-12(13)11-8-9-5-6-10(11)7-9;3-1-2-4/h5-6,9-11,19-21H,7-8H2,1-4H3;3-4H,1-2H2. The molecule has 0 radical (unpaired) electrons. The van der Waals surface area contributed by atoms with Crippen LogP contribution in [0.3, 0.4) is 0 Å². The van der Waals surface area contributed by atoms with Gasteiger partial charge in [0, 0.05) is 6.55 Å². The van der Waals surface area contributed by atoms with Gasteiger partial charge in [-0.25, -0.2) is 0 Å². The van der Waals surface area contributed by atoms with E-state index < -0.39 is 36.7 Å². The molecule has 2 bridgehead atoms. The Morgan fingerprint density at radius 3 is 2.08 bits per heavy atom. The minimum Gasteiger partial charge on any atom is -0.474 e. The molecule has 1 saturated heterocycles. The Hall–Kier alpha value is -0.162. The third-order valence-electron chi connectivity index (χ3n) is 4.49. The molecule has 5 unspecified atom stereocenters. The maximum atomic E-state index is 12.6. The van der Waals surface area contributed by atoms with Gasteiger partial charge in [-0.05, 0) is 44.3 Å². The summed E-state index contributed by atoms with van der Waals surface area (Å²) in [6, 6.07) is 0. The zero-order valence-corrected chi connectivity index (χ0v) is 20.3. The smallest absolute Gasteiger partial charge is 0.474 e. The zero-order chi connectivity index (χ0) is 19.3. The molecule has 2 aliphatic carbocycles. The highest BCUT2D eigenvalue weighted by atomic mass is 28.5. The van der Waals surface area contributed by atoms with Crippen LogP contribution >= 0.6 is 0 Å². The normalized spacial score (nSPS) is 41.8. The Kier molecular flexibility index (Phi) is 8.39. The van der Waals surface area contributed by atoms with Crippen LogP contribution < -0.4 is 0 Å². The highest BCUT2D eigenvalue weighted by Gasteiger charge is 2.49. The van der Waals surface area contributed by atoms with Gasteiger partial charge in [0.2, 0.25) is 0 Å². The summed E-state index contributed by atoms with van der Waals surface area (Å²) in [5.74, 6) is 0.657. The van der Waals surface area contributed by atoms with E-state index in [0.29, 0.717) is 11.8 Å². The van der Waals surface area contributed by atoms with Gasteiger partial charge in [-0.15, -0.1) is 0 Å². The highest BCUT2D eigenvalue weighted by molar-refractivity contribution is 6.78.